The fourth-order valence-electron chi connectivity index (χ4n) is 3.40. The number of amides is 1. The second-order valence-electron chi connectivity index (χ2n) is 7.56. The number of sulfonamides is 1. The minimum Gasteiger partial charge on any atom is -0.494 e. The number of ether oxygens (including phenoxy) is 2. The third-order valence-electron chi connectivity index (χ3n) is 5.09. The summed E-state index contributed by atoms with van der Waals surface area (Å²) in [6.45, 7) is 10.9. The fourth-order valence-corrected chi connectivity index (χ4v) is 4.87. The fraction of sp³-hybridized carbons (Fsp3) is 0.545. The Balaban J connectivity index is 1.87. The Morgan fingerprint density at radius 2 is 1.77 bits per heavy atom. The van der Waals surface area contributed by atoms with E-state index in [-0.39, 0.29) is 30.5 Å². The van der Waals surface area contributed by atoms with Crippen LogP contribution in [0.15, 0.2) is 41.3 Å². The molecular formula is C22H32N2O6S. The molecule has 9 heteroatoms. The maximum atomic E-state index is 12.9. The van der Waals surface area contributed by atoms with E-state index in [2.05, 4.69) is 6.58 Å². The molecule has 1 fully saturated rings. The topological polar surface area (TPSA) is 93.2 Å². The normalized spacial score (nSPS) is 15.3. The highest BCUT2D eigenvalue weighted by Crippen LogP contribution is 2.26. The average Bonchev–Trinajstić information content (AvgIpc) is 2.76. The molecule has 8 nitrogen and oxygen atoms in total. The zero-order valence-corrected chi connectivity index (χ0v) is 19.3. The number of hydrogen-bond acceptors (Lipinski definition) is 6. The maximum Gasteiger partial charge on any atom is 0.309 e. The lowest BCUT2D eigenvalue weighted by atomic mass is 9.98. The number of benzene rings is 1. The van der Waals surface area contributed by atoms with E-state index in [1.165, 1.54) is 16.4 Å². The van der Waals surface area contributed by atoms with Crippen LogP contribution in [0.5, 0.6) is 5.75 Å². The molecule has 2 rings (SSSR count). The number of piperidine rings is 1. The summed E-state index contributed by atoms with van der Waals surface area (Å²) in [5, 5.41) is 0. The number of carbonyl (C=O) groups is 2. The van der Waals surface area contributed by atoms with E-state index in [1.807, 2.05) is 20.8 Å². The SMILES string of the molecule is C=C(C)CN(CC)C(=O)COC(=O)C1CCN(S(=O)(=O)c2ccc(OCC)cc2)CC1. The van der Waals surface area contributed by atoms with Gasteiger partial charge < -0.3 is 14.4 Å². The number of rotatable bonds is 10. The van der Waals surface area contributed by atoms with Gasteiger partial charge in [0.15, 0.2) is 6.61 Å². The molecule has 1 aromatic carbocycles. The van der Waals surface area contributed by atoms with Crippen LogP contribution in [0.3, 0.4) is 0 Å². The quantitative estimate of drug-likeness (QED) is 0.400. The molecular weight excluding hydrogens is 420 g/mol. The predicted molar refractivity (Wildman–Crippen MR) is 117 cm³/mol. The van der Waals surface area contributed by atoms with Crippen LogP contribution in [0.1, 0.15) is 33.6 Å². The Morgan fingerprint density at radius 1 is 1.16 bits per heavy atom. The third-order valence-corrected chi connectivity index (χ3v) is 7.01. The average molecular weight is 453 g/mol. The summed E-state index contributed by atoms with van der Waals surface area (Å²) in [7, 11) is -3.64. The zero-order valence-electron chi connectivity index (χ0n) is 18.5. The van der Waals surface area contributed by atoms with Crippen molar-refractivity contribution >= 4 is 21.9 Å². The molecule has 0 atom stereocenters. The van der Waals surface area contributed by atoms with Gasteiger partial charge in [-0.2, -0.15) is 4.31 Å². The molecule has 0 radical (unpaired) electrons. The number of nitrogens with zero attached hydrogens (tertiary/aromatic N) is 2. The van der Waals surface area contributed by atoms with Crippen molar-refractivity contribution in [3.05, 3.63) is 36.4 Å². The highest BCUT2D eigenvalue weighted by atomic mass is 32.2. The first kappa shape index (κ1) is 24.9. The van der Waals surface area contributed by atoms with Gasteiger partial charge in [0.1, 0.15) is 5.75 Å². The molecule has 1 aliphatic heterocycles. The van der Waals surface area contributed by atoms with Crippen LogP contribution in [0.4, 0.5) is 0 Å². The number of likely N-dealkylation sites (N-methyl/N-ethyl adjacent to an activating group) is 1. The van der Waals surface area contributed by atoms with E-state index < -0.39 is 21.9 Å². The predicted octanol–water partition coefficient (Wildman–Crippen LogP) is 2.45. The van der Waals surface area contributed by atoms with Crippen molar-refractivity contribution in [3.8, 4) is 5.75 Å². The summed E-state index contributed by atoms with van der Waals surface area (Å²) >= 11 is 0. The smallest absolute Gasteiger partial charge is 0.309 e. The first-order valence-electron chi connectivity index (χ1n) is 10.5. The van der Waals surface area contributed by atoms with Crippen LogP contribution in [-0.2, 0) is 24.3 Å². The monoisotopic (exact) mass is 452 g/mol. The maximum absolute atomic E-state index is 12.9. The second kappa shape index (κ2) is 11.3. The van der Waals surface area contributed by atoms with Gasteiger partial charge in [0.25, 0.3) is 5.91 Å². The Labute approximate surface area is 184 Å². The lowest BCUT2D eigenvalue weighted by Gasteiger charge is -2.30. The van der Waals surface area contributed by atoms with E-state index in [9.17, 15) is 18.0 Å². The first-order chi connectivity index (χ1) is 14.7. The molecule has 0 aliphatic carbocycles. The first-order valence-corrected chi connectivity index (χ1v) is 11.9. The van der Waals surface area contributed by atoms with E-state index in [1.54, 1.807) is 17.0 Å². The van der Waals surface area contributed by atoms with Crippen molar-refractivity contribution in [2.45, 2.75) is 38.5 Å². The standard InChI is InChI=1S/C22H32N2O6S/c1-5-23(15-17(3)4)21(25)16-30-22(26)18-11-13-24(14-12-18)31(27,28)20-9-7-19(8-10-20)29-6-2/h7-10,18H,3,5-6,11-16H2,1-2,4H3. The molecule has 31 heavy (non-hydrogen) atoms. The van der Waals surface area contributed by atoms with Crippen LogP contribution < -0.4 is 4.74 Å². The number of esters is 1. The van der Waals surface area contributed by atoms with E-state index >= 15 is 0 Å². The van der Waals surface area contributed by atoms with Crippen LogP contribution in [0.25, 0.3) is 0 Å². The molecule has 1 aliphatic rings. The van der Waals surface area contributed by atoms with Crippen molar-refractivity contribution in [2.75, 3.05) is 39.4 Å². The van der Waals surface area contributed by atoms with Gasteiger partial charge in [0.05, 0.1) is 17.4 Å². The molecule has 0 spiro atoms. The molecule has 0 N–H and O–H groups in total. The minimum atomic E-state index is -3.64. The van der Waals surface area contributed by atoms with Crippen molar-refractivity contribution < 1.29 is 27.5 Å². The molecule has 1 heterocycles. The molecule has 172 valence electrons. The van der Waals surface area contributed by atoms with Gasteiger partial charge in [0.2, 0.25) is 10.0 Å². The van der Waals surface area contributed by atoms with E-state index in [0.29, 0.717) is 38.3 Å². The summed E-state index contributed by atoms with van der Waals surface area (Å²) in [6, 6.07) is 6.31. The minimum absolute atomic E-state index is 0.194. The Hall–Kier alpha value is -2.39. The lowest BCUT2D eigenvalue weighted by molar-refractivity contribution is -0.156. The number of hydrogen-bond donors (Lipinski definition) is 0. The summed E-state index contributed by atoms with van der Waals surface area (Å²) < 4.78 is 37.6. The van der Waals surface area contributed by atoms with Crippen molar-refractivity contribution in [3.63, 3.8) is 0 Å². The van der Waals surface area contributed by atoms with Gasteiger partial charge in [-0.1, -0.05) is 12.2 Å². The van der Waals surface area contributed by atoms with Gasteiger partial charge in [-0.25, -0.2) is 8.42 Å². The van der Waals surface area contributed by atoms with Gasteiger partial charge in [-0.15, -0.1) is 0 Å². The molecule has 1 saturated heterocycles. The van der Waals surface area contributed by atoms with Crippen LogP contribution in [-0.4, -0.2) is 68.9 Å². The highest BCUT2D eigenvalue weighted by Gasteiger charge is 2.33. The largest absolute Gasteiger partial charge is 0.494 e. The highest BCUT2D eigenvalue weighted by molar-refractivity contribution is 7.89. The lowest BCUT2D eigenvalue weighted by Crippen LogP contribution is -2.41. The molecule has 0 saturated carbocycles. The van der Waals surface area contributed by atoms with E-state index in [0.717, 1.165) is 5.57 Å². The van der Waals surface area contributed by atoms with Gasteiger partial charge >= 0.3 is 5.97 Å². The Kier molecular flexibility index (Phi) is 9.06. The van der Waals surface area contributed by atoms with Crippen LogP contribution >= 0.6 is 0 Å². The summed E-state index contributed by atoms with van der Waals surface area (Å²) in [6.07, 6.45) is 0.707. The molecule has 1 amide bonds. The third kappa shape index (κ3) is 6.80. The van der Waals surface area contributed by atoms with Crippen molar-refractivity contribution in [1.29, 1.82) is 0 Å². The molecule has 0 bridgehead atoms. The molecule has 0 unspecified atom stereocenters. The van der Waals surface area contributed by atoms with Crippen LogP contribution in [0.2, 0.25) is 0 Å². The Morgan fingerprint density at radius 3 is 2.29 bits per heavy atom. The summed E-state index contributed by atoms with van der Waals surface area (Å²) in [5.74, 6) is -0.537. The van der Waals surface area contributed by atoms with E-state index in [4.69, 9.17) is 9.47 Å². The zero-order chi connectivity index (χ0) is 23.0. The summed E-state index contributed by atoms with van der Waals surface area (Å²) in [5.41, 5.74) is 0.850. The second-order valence-corrected chi connectivity index (χ2v) is 9.49. The molecule has 0 aromatic heterocycles. The summed E-state index contributed by atoms with van der Waals surface area (Å²) in [4.78, 5) is 26.3. The number of carbonyl (C=O) groups excluding carboxylic acids is 2. The van der Waals surface area contributed by atoms with Gasteiger partial charge in [-0.3, -0.25) is 9.59 Å². The Bertz CT molecular complexity index is 874. The van der Waals surface area contributed by atoms with Crippen molar-refractivity contribution in [1.82, 2.24) is 9.21 Å². The van der Waals surface area contributed by atoms with Gasteiger partial charge in [0, 0.05) is 26.2 Å². The van der Waals surface area contributed by atoms with Crippen molar-refractivity contribution in [2.24, 2.45) is 5.92 Å². The van der Waals surface area contributed by atoms with Gasteiger partial charge in [-0.05, 0) is 57.9 Å². The molecule has 1 aromatic rings. The van der Waals surface area contributed by atoms with Crippen LogP contribution in [0, 0.1) is 5.92 Å².